The molecule has 0 bridgehead atoms. The van der Waals surface area contributed by atoms with Gasteiger partial charge in [-0.15, -0.1) is 0 Å². The number of aryl methyl sites for hydroxylation is 1. The minimum absolute atomic E-state index is 0.0168. The van der Waals surface area contributed by atoms with E-state index in [0.717, 1.165) is 22.6 Å². The lowest BCUT2D eigenvalue weighted by Crippen LogP contribution is -2.41. The second kappa shape index (κ2) is 8.02. The molecule has 130 valence electrons. The van der Waals surface area contributed by atoms with E-state index in [4.69, 9.17) is 9.15 Å². The lowest BCUT2D eigenvalue weighted by atomic mass is 10.1. The van der Waals surface area contributed by atoms with Crippen molar-refractivity contribution >= 4 is 5.91 Å². The topological polar surface area (TPSA) is 54.7 Å². The molecule has 2 unspecified atom stereocenters. The summed E-state index contributed by atoms with van der Waals surface area (Å²) in [6.07, 6.45) is 1.07. The third-order valence-electron chi connectivity index (χ3n) is 4.19. The van der Waals surface area contributed by atoms with E-state index in [-0.39, 0.29) is 11.9 Å². The number of ether oxygens (including phenoxy) is 1. The summed E-state index contributed by atoms with van der Waals surface area (Å²) in [6, 6.07) is 9.58. The van der Waals surface area contributed by atoms with Crippen molar-refractivity contribution < 1.29 is 13.9 Å². The minimum Gasteiger partial charge on any atom is -0.481 e. The smallest absolute Gasteiger partial charge is 0.260 e. The molecule has 1 aromatic carbocycles. The quantitative estimate of drug-likeness (QED) is 0.848. The number of amides is 1. The van der Waals surface area contributed by atoms with E-state index in [2.05, 4.69) is 5.32 Å². The van der Waals surface area contributed by atoms with Crippen LogP contribution < -0.4 is 10.1 Å². The predicted octanol–water partition coefficient (Wildman–Crippen LogP) is 3.08. The summed E-state index contributed by atoms with van der Waals surface area (Å²) in [7, 11) is 3.91. The van der Waals surface area contributed by atoms with Crippen LogP contribution in [-0.2, 0) is 4.79 Å². The van der Waals surface area contributed by atoms with E-state index in [9.17, 15) is 4.79 Å². The molecule has 0 radical (unpaired) electrons. The van der Waals surface area contributed by atoms with E-state index < -0.39 is 6.10 Å². The van der Waals surface area contributed by atoms with Gasteiger partial charge in [-0.3, -0.25) is 9.69 Å². The molecule has 0 aliphatic heterocycles. The van der Waals surface area contributed by atoms with Crippen LogP contribution in [0.15, 0.2) is 41.0 Å². The Bertz CT molecular complexity index is 665. The fourth-order valence-corrected chi connectivity index (χ4v) is 2.46. The lowest BCUT2D eigenvalue weighted by molar-refractivity contribution is -0.127. The maximum Gasteiger partial charge on any atom is 0.260 e. The Kier molecular flexibility index (Phi) is 6.04. The molecule has 2 aromatic rings. The van der Waals surface area contributed by atoms with E-state index in [0.29, 0.717) is 6.54 Å². The molecule has 2 atom stereocenters. The Morgan fingerprint density at radius 3 is 2.62 bits per heavy atom. The molecule has 0 saturated heterocycles. The van der Waals surface area contributed by atoms with Crippen molar-refractivity contribution in [3.63, 3.8) is 0 Å². The van der Waals surface area contributed by atoms with Crippen LogP contribution in [0.3, 0.4) is 0 Å². The van der Waals surface area contributed by atoms with Gasteiger partial charge in [0, 0.05) is 6.54 Å². The summed E-state index contributed by atoms with van der Waals surface area (Å²) in [5.41, 5.74) is 2.20. The zero-order chi connectivity index (χ0) is 17.7. The maximum atomic E-state index is 12.4. The van der Waals surface area contributed by atoms with Gasteiger partial charge >= 0.3 is 0 Å². The van der Waals surface area contributed by atoms with Gasteiger partial charge in [-0.25, -0.2) is 0 Å². The third kappa shape index (κ3) is 4.38. The summed E-state index contributed by atoms with van der Waals surface area (Å²) in [5.74, 6) is 1.42. The van der Waals surface area contributed by atoms with Crippen LogP contribution in [0.25, 0.3) is 0 Å². The Labute approximate surface area is 143 Å². The second-order valence-electron chi connectivity index (χ2n) is 6.20. The first kappa shape index (κ1) is 18.1. The van der Waals surface area contributed by atoms with Gasteiger partial charge in [-0.2, -0.15) is 0 Å². The predicted molar refractivity (Wildman–Crippen MR) is 94.2 cm³/mol. The van der Waals surface area contributed by atoms with Crippen LogP contribution >= 0.6 is 0 Å². The summed E-state index contributed by atoms with van der Waals surface area (Å²) < 4.78 is 11.3. The molecule has 24 heavy (non-hydrogen) atoms. The number of benzene rings is 1. The summed E-state index contributed by atoms with van der Waals surface area (Å²) in [6.45, 7) is 6.24. The van der Waals surface area contributed by atoms with Gasteiger partial charge in [0.05, 0.1) is 12.3 Å². The van der Waals surface area contributed by atoms with Gasteiger partial charge in [0.1, 0.15) is 11.5 Å². The first-order valence-electron chi connectivity index (χ1n) is 8.10. The summed E-state index contributed by atoms with van der Waals surface area (Å²) in [4.78, 5) is 14.4. The number of rotatable bonds is 7. The van der Waals surface area contributed by atoms with Gasteiger partial charge in [-0.1, -0.05) is 12.1 Å². The SMILES string of the molecule is Cc1cccc(OC(C)C(=O)NCC(c2ccco2)N(C)C)c1C. The zero-order valence-corrected chi connectivity index (χ0v) is 15.0. The molecule has 1 amide bonds. The fourth-order valence-electron chi connectivity index (χ4n) is 2.46. The highest BCUT2D eigenvalue weighted by Gasteiger charge is 2.21. The minimum atomic E-state index is -0.565. The van der Waals surface area contributed by atoms with Gasteiger partial charge in [0.25, 0.3) is 5.91 Å². The van der Waals surface area contributed by atoms with Crippen molar-refractivity contribution in [2.24, 2.45) is 0 Å². The van der Waals surface area contributed by atoms with Crippen molar-refractivity contribution in [1.29, 1.82) is 0 Å². The number of carbonyl (C=O) groups is 1. The fraction of sp³-hybridized carbons (Fsp3) is 0.421. The highest BCUT2D eigenvalue weighted by Crippen LogP contribution is 2.22. The number of hydrogen-bond donors (Lipinski definition) is 1. The standard InChI is InChI=1S/C19H26N2O3/c1-13-8-6-9-17(14(13)2)24-15(3)19(22)20-12-16(21(4)5)18-10-7-11-23-18/h6-11,15-16H,12H2,1-5H3,(H,20,22). The zero-order valence-electron chi connectivity index (χ0n) is 15.0. The number of likely N-dealkylation sites (N-methyl/N-ethyl adjacent to an activating group) is 1. The van der Waals surface area contributed by atoms with E-state index in [1.54, 1.807) is 13.2 Å². The Hall–Kier alpha value is -2.27. The Morgan fingerprint density at radius 2 is 2.00 bits per heavy atom. The maximum absolute atomic E-state index is 12.4. The highest BCUT2D eigenvalue weighted by molar-refractivity contribution is 5.80. The largest absolute Gasteiger partial charge is 0.481 e. The van der Waals surface area contributed by atoms with Crippen LogP contribution in [0.1, 0.15) is 29.9 Å². The summed E-state index contributed by atoms with van der Waals surface area (Å²) >= 11 is 0. The average molecular weight is 330 g/mol. The van der Waals surface area contributed by atoms with Crippen molar-refractivity contribution in [3.05, 3.63) is 53.5 Å². The van der Waals surface area contributed by atoms with E-state index >= 15 is 0 Å². The Morgan fingerprint density at radius 1 is 1.25 bits per heavy atom. The lowest BCUT2D eigenvalue weighted by Gasteiger charge is -2.24. The van der Waals surface area contributed by atoms with Crippen molar-refractivity contribution in [2.75, 3.05) is 20.6 Å². The second-order valence-corrected chi connectivity index (χ2v) is 6.20. The number of nitrogens with one attached hydrogen (secondary N) is 1. The number of carbonyl (C=O) groups excluding carboxylic acids is 1. The van der Waals surface area contributed by atoms with Crippen molar-refractivity contribution in [1.82, 2.24) is 10.2 Å². The van der Waals surface area contributed by atoms with Gasteiger partial charge in [0.15, 0.2) is 6.10 Å². The monoisotopic (exact) mass is 330 g/mol. The molecular weight excluding hydrogens is 304 g/mol. The first-order chi connectivity index (χ1) is 11.4. The molecule has 2 rings (SSSR count). The molecule has 0 aliphatic carbocycles. The highest BCUT2D eigenvalue weighted by atomic mass is 16.5. The van der Waals surface area contributed by atoms with Crippen LogP contribution in [0, 0.1) is 13.8 Å². The molecule has 1 N–H and O–H groups in total. The van der Waals surface area contributed by atoms with Gasteiger partial charge in [-0.05, 0) is 64.2 Å². The molecule has 0 spiro atoms. The molecule has 0 saturated carbocycles. The summed E-state index contributed by atoms with van der Waals surface area (Å²) in [5, 5.41) is 2.94. The van der Waals surface area contributed by atoms with Crippen LogP contribution in [0.5, 0.6) is 5.75 Å². The molecular formula is C19H26N2O3. The Balaban J connectivity index is 1.95. The van der Waals surface area contributed by atoms with E-state index in [1.165, 1.54) is 0 Å². The first-order valence-corrected chi connectivity index (χ1v) is 8.10. The number of nitrogens with zero attached hydrogens (tertiary/aromatic N) is 1. The molecule has 1 heterocycles. The molecule has 5 heteroatoms. The van der Waals surface area contributed by atoms with Crippen molar-refractivity contribution in [2.45, 2.75) is 32.9 Å². The average Bonchev–Trinajstić information content (AvgIpc) is 3.05. The molecule has 0 fully saturated rings. The normalized spacial score (nSPS) is 13.6. The number of furan rings is 1. The number of hydrogen-bond acceptors (Lipinski definition) is 4. The van der Waals surface area contributed by atoms with E-state index in [1.807, 2.05) is 63.2 Å². The third-order valence-corrected chi connectivity index (χ3v) is 4.19. The van der Waals surface area contributed by atoms with Crippen LogP contribution in [-0.4, -0.2) is 37.6 Å². The van der Waals surface area contributed by atoms with Crippen LogP contribution in [0.2, 0.25) is 0 Å². The van der Waals surface area contributed by atoms with Crippen molar-refractivity contribution in [3.8, 4) is 5.75 Å². The molecule has 5 nitrogen and oxygen atoms in total. The molecule has 0 aliphatic rings. The van der Waals surface area contributed by atoms with Gasteiger partial charge in [0.2, 0.25) is 0 Å². The van der Waals surface area contributed by atoms with Gasteiger partial charge < -0.3 is 14.5 Å². The van der Waals surface area contributed by atoms with Crippen LogP contribution in [0.4, 0.5) is 0 Å². The molecule has 1 aromatic heterocycles.